The van der Waals surface area contributed by atoms with Crippen molar-refractivity contribution in [3.63, 3.8) is 0 Å². The fraction of sp³-hybridized carbons (Fsp3) is 0.143. The van der Waals surface area contributed by atoms with E-state index in [-0.39, 0.29) is 6.04 Å². The minimum Gasteiger partial charge on any atom is -0.404 e. The van der Waals surface area contributed by atoms with Crippen molar-refractivity contribution in [1.29, 1.82) is 0 Å². The highest BCUT2D eigenvalue weighted by atomic mass is 31.2. The molecule has 0 bridgehead atoms. The fourth-order valence-electron chi connectivity index (χ4n) is 2.97. The molecule has 26 heavy (non-hydrogen) atoms. The predicted octanol–water partition coefficient (Wildman–Crippen LogP) is 5.62. The summed E-state index contributed by atoms with van der Waals surface area (Å²) < 4.78 is 27.3. The maximum Gasteiger partial charge on any atom is 0.516 e. The molecule has 0 saturated carbocycles. The van der Waals surface area contributed by atoms with Gasteiger partial charge in [-0.25, -0.2) is 4.57 Å². The van der Waals surface area contributed by atoms with Crippen molar-refractivity contribution in [2.75, 3.05) is 6.54 Å². The van der Waals surface area contributed by atoms with Crippen molar-refractivity contribution in [1.82, 2.24) is 4.67 Å². The average Bonchev–Trinajstić information content (AvgIpc) is 3.45. The molecule has 1 aliphatic rings. The molecular weight excluding hydrogens is 345 g/mol. The third-order valence-corrected chi connectivity index (χ3v) is 6.33. The van der Waals surface area contributed by atoms with Crippen LogP contribution >= 0.6 is 7.75 Å². The summed E-state index contributed by atoms with van der Waals surface area (Å²) in [5, 5.41) is 0. The summed E-state index contributed by atoms with van der Waals surface area (Å²) in [7, 11) is -3.53. The van der Waals surface area contributed by atoms with E-state index in [0.29, 0.717) is 18.0 Å². The highest BCUT2D eigenvalue weighted by molar-refractivity contribution is 7.52. The van der Waals surface area contributed by atoms with Gasteiger partial charge in [0.05, 0.1) is 6.04 Å². The SMILES string of the molecule is Cc1ccccc1C1CN1P(=O)(Oc1ccccc1)Oc1ccccc1. The van der Waals surface area contributed by atoms with Crippen molar-refractivity contribution in [3.05, 3.63) is 96.1 Å². The second-order valence-electron chi connectivity index (χ2n) is 6.27. The molecule has 2 unspecified atom stereocenters. The van der Waals surface area contributed by atoms with Gasteiger partial charge in [-0.2, -0.15) is 4.67 Å². The molecule has 4 rings (SSSR count). The molecule has 1 fully saturated rings. The van der Waals surface area contributed by atoms with E-state index in [1.54, 1.807) is 28.9 Å². The zero-order valence-electron chi connectivity index (χ0n) is 14.5. The summed E-state index contributed by atoms with van der Waals surface area (Å²) in [6.07, 6.45) is 0. The molecule has 5 heteroatoms. The quantitative estimate of drug-likeness (QED) is 0.420. The van der Waals surface area contributed by atoms with E-state index in [0.717, 1.165) is 5.56 Å². The minimum absolute atomic E-state index is 0.0365. The van der Waals surface area contributed by atoms with E-state index < -0.39 is 7.75 Å². The Bertz CT molecular complexity index is 885. The first-order valence-electron chi connectivity index (χ1n) is 8.58. The van der Waals surface area contributed by atoms with E-state index in [4.69, 9.17) is 9.05 Å². The molecule has 2 atom stereocenters. The molecule has 1 aliphatic heterocycles. The summed E-state index contributed by atoms with van der Waals surface area (Å²) in [5.74, 6) is 1.06. The Morgan fingerprint density at radius 1 is 0.808 bits per heavy atom. The Hall–Kier alpha value is -2.55. The Balaban J connectivity index is 1.63. The summed E-state index contributed by atoms with van der Waals surface area (Å²) in [6.45, 7) is 2.70. The second kappa shape index (κ2) is 6.99. The number of hydrogen-bond donors (Lipinski definition) is 0. The smallest absolute Gasteiger partial charge is 0.404 e. The fourth-order valence-corrected chi connectivity index (χ4v) is 4.82. The van der Waals surface area contributed by atoms with Crippen molar-refractivity contribution >= 4 is 7.75 Å². The summed E-state index contributed by atoms with van der Waals surface area (Å²) in [4.78, 5) is 0. The molecular formula is C21H20NO3P. The predicted molar refractivity (Wildman–Crippen MR) is 102 cm³/mol. The Labute approximate surface area is 153 Å². The first-order valence-corrected chi connectivity index (χ1v) is 10.1. The van der Waals surface area contributed by atoms with Crippen molar-refractivity contribution in [2.45, 2.75) is 13.0 Å². The van der Waals surface area contributed by atoms with Crippen LogP contribution in [-0.4, -0.2) is 11.2 Å². The molecule has 3 aromatic carbocycles. The second-order valence-corrected chi connectivity index (χ2v) is 8.09. The first-order chi connectivity index (χ1) is 12.7. The lowest BCUT2D eigenvalue weighted by Crippen LogP contribution is -2.10. The lowest BCUT2D eigenvalue weighted by Gasteiger charge is -2.21. The van der Waals surface area contributed by atoms with Crippen molar-refractivity contribution < 1.29 is 13.6 Å². The van der Waals surface area contributed by atoms with Gasteiger partial charge in [0.25, 0.3) is 0 Å². The van der Waals surface area contributed by atoms with Gasteiger partial charge in [0, 0.05) is 6.54 Å². The summed E-state index contributed by atoms with van der Waals surface area (Å²) >= 11 is 0. The minimum atomic E-state index is -3.53. The van der Waals surface area contributed by atoms with Gasteiger partial charge in [-0.1, -0.05) is 60.7 Å². The zero-order chi connectivity index (χ0) is 18.0. The van der Waals surface area contributed by atoms with E-state index in [1.807, 2.05) is 48.5 Å². The maximum atomic E-state index is 13.7. The monoisotopic (exact) mass is 365 g/mol. The topological polar surface area (TPSA) is 38.5 Å². The van der Waals surface area contributed by atoms with Crippen molar-refractivity contribution in [2.24, 2.45) is 0 Å². The van der Waals surface area contributed by atoms with E-state index in [1.165, 1.54) is 5.56 Å². The van der Waals surface area contributed by atoms with Gasteiger partial charge in [0.2, 0.25) is 0 Å². The molecule has 0 N–H and O–H groups in total. The molecule has 1 heterocycles. The molecule has 3 aromatic rings. The Morgan fingerprint density at radius 3 is 1.85 bits per heavy atom. The van der Waals surface area contributed by atoms with Crippen LogP contribution in [0.4, 0.5) is 0 Å². The van der Waals surface area contributed by atoms with Crippen LogP contribution in [0.2, 0.25) is 0 Å². The molecule has 0 aromatic heterocycles. The molecule has 1 saturated heterocycles. The first kappa shape index (κ1) is 16.9. The highest BCUT2D eigenvalue weighted by Crippen LogP contribution is 2.62. The number of benzene rings is 3. The Kier molecular flexibility index (Phi) is 4.54. The van der Waals surface area contributed by atoms with Gasteiger partial charge < -0.3 is 9.05 Å². The average molecular weight is 365 g/mol. The van der Waals surface area contributed by atoms with Crippen LogP contribution in [0.3, 0.4) is 0 Å². The van der Waals surface area contributed by atoms with Gasteiger partial charge in [0.1, 0.15) is 11.5 Å². The molecule has 0 aliphatic carbocycles. The van der Waals surface area contributed by atoms with Crippen molar-refractivity contribution in [3.8, 4) is 11.5 Å². The molecule has 4 nitrogen and oxygen atoms in total. The van der Waals surface area contributed by atoms with Gasteiger partial charge in [-0.3, -0.25) is 0 Å². The lowest BCUT2D eigenvalue weighted by atomic mass is 10.1. The van der Waals surface area contributed by atoms with E-state index in [9.17, 15) is 4.57 Å². The van der Waals surface area contributed by atoms with E-state index in [2.05, 4.69) is 19.1 Å². The number of hydrogen-bond acceptors (Lipinski definition) is 3. The normalized spacial score (nSPS) is 19.0. The largest absolute Gasteiger partial charge is 0.516 e. The van der Waals surface area contributed by atoms with Gasteiger partial charge in [-0.15, -0.1) is 0 Å². The van der Waals surface area contributed by atoms with Gasteiger partial charge in [0.15, 0.2) is 0 Å². The number of rotatable bonds is 6. The highest BCUT2D eigenvalue weighted by Gasteiger charge is 2.53. The van der Waals surface area contributed by atoms with Crippen LogP contribution in [0.25, 0.3) is 0 Å². The molecule has 0 spiro atoms. The lowest BCUT2D eigenvalue weighted by molar-refractivity contribution is 0.345. The van der Waals surface area contributed by atoms with Crippen LogP contribution in [0, 0.1) is 6.92 Å². The zero-order valence-corrected chi connectivity index (χ0v) is 15.4. The number of nitrogens with zero attached hydrogens (tertiary/aromatic N) is 1. The molecule has 0 amide bonds. The Morgan fingerprint density at radius 2 is 1.31 bits per heavy atom. The van der Waals surface area contributed by atoms with Crippen LogP contribution < -0.4 is 9.05 Å². The van der Waals surface area contributed by atoms with Crippen LogP contribution in [0.15, 0.2) is 84.9 Å². The summed E-state index contributed by atoms with van der Waals surface area (Å²) in [5.41, 5.74) is 2.33. The third-order valence-electron chi connectivity index (χ3n) is 4.38. The van der Waals surface area contributed by atoms with Crippen LogP contribution in [0.1, 0.15) is 17.2 Å². The maximum absolute atomic E-state index is 13.7. The van der Waals surface area contributed by atoms with E-state index >= 15 is 0 Å². The number of aryl methyl sites for hydroxylation is 1. The standard InChI is InChI=1S/C21H20NO3P/c1-17-10-8-9-15-20(17)21-16-22(21)26(23,24-18-11-4-2-5-12-18)25-19-13-6-3-7-14-19/h2-15,21H,16H2,1H3. The summed E-state index contributed by atoms with van der Waals surface area (Å²) in [6, 6.07) is 26.5. The van der Waals surface area contributed by atoms with Crippen LogP contribution in [-0.2, 0) is 4.57 Å². The molecule has 0 radical (unpaired) electrons. The molecule has 132 valence electrons. The van der Waals surface area contributed by atoms with Gasteiger partial charge in [-0.05, 0) is 42.3 Å². The third kappa shape index (κ3) is 3.52. The van der Waals surface area contributed by atoms with Gasteiger partial charge >= 0.3 is 7.75 Å². The van der Waals surface area contributed by atoms with Crippen LogP contribution in [0.5, 0.6) is 11.5 Å². The number of para-hydroxylation sites is 2.